The highest BCUT2D eigenvalue weighted by Crippen LogP contribution is 2.19. The molecule has 0 aliphatic heterocycles. The summed E-state index contributed by atoms with van der Waals surface area (Å²) in [5.74, 6) is 0.0504. The van der Waals surface area contributed by atoms with Gasteiger partial charge >= 0.3 is 0 Å². The molecule has 2 aromatic heterocycles. The number of nitrogens with zero attached hydrogens (tertiary/aromatic N) is 3. The van der Waals surface area contributed by atoms with Crippen LogP contribution in [-0.2, 0) is 17.8 Å². The maximum Gasteiger partial charge on any atom is 0.220 e. The summed E-state index contributed by atoms with van der Waals surface area (Å²) >= 11 is 1.65. The number of aryl methyl sites for hydroxylation is 2. The molecule has 0 radical (unpaired) electrons. The van der Waals surface area contributed by atoms with Crippen molar-refractivity contribution in [3.05, 3.63) is 39.3 Å². The molecule has 2 heterocycles. The fourth-order valence-corrected chi connectivity index (χ4v) is 3.36. The average Bonchev–Trinajstić information content (AvgIpc) is 3.13. The summed E-state index contributed by atoms with van der Waals surface area (Å²) in [6, 6.07) is 6.20. The Morgan fingerprint density at radius 2 is 2.30 bits per heavy atom. The van der Waals surface area contributed by atoms with E-state index in [9.17, 15) is 4.79 Å². The first-order valence-corrected chi connectivity index (χ1v) is 8.63. The molecule has 1 atom stereocenters. The second-order valence-electron chi connectivity index (χ2n) is 5.59. The van der Waals surface area contributed by atoms with E-state index in [2.05, 4.69) is 16.5 Å². The van der Waals surface area contributed by atoms with Crippen molar-refractivity contribution in [2.45, 2.75) is 52.6 Å². The third-order valence-electron chi connectivity index (χ3n) is 3.92. The molecule has 0 aliphatic rings. The van der Waals surface area contributed by atoms with E-state index in [-0.39, 0.29) is 11.9 Å². The Morgan fingerprint density at radius 1 is 1.52 bits per heavy atom. The first kappa shape index (κ1) is 17.2. The summed E-state index contributed by atoms with van der Waals surface area (Å²) in [7, 11) is 0. The van der Waals surface area contributed by atoms with Gasteiger partial charge in [-0.3, -0.25) is 9.48 Å². The molecular weight excluding hydrogens is 308 g/mol. The van der Waals surface area contributed by atoms with E-state index in [4.69, 9.17) is 5.26 Å². The summed E-state index contributed by atoms with van der Waals surface area (Å²) < 4.78 is 1.86. The SMILES string of the molecule is Cc1nn(CCC#N)c(C)c1CCC(=O)N[C@H](C)c1cccs1. The molecule has 0 spiro atoms. The maximum atomic E-state index is 12.1. The second kappa shape index (κ2) is 7.93. The largest absolute Gasteiger partial charge is 0.349 e. The number of hydrogen-bond acceptors (Lipinski definition) is 4. The number of amides is 1. The highest BCUT2D eigenvalue weighted by atomic mass is 32.1. The Hall–Kier alpha value is -2.13. The molecule has 1 amide bonds. The molecule has 0 fully saturated rings. The molecule has 1 N–H and O–H groups in total. The van der Waals surface area contributed by atoms with Gasteiger partial charge in [-0.1, -0.05) is 6.07 Å². The van der Waals surface area contributed by atoms with Gasteiger partial charge in [-0.2, -0.15) is 10.4 Å². The zero-order valence-corrected chi connectivity index (χ0v) is 14.6. The van der Waals surface area contributed by atoms with Crippen LogP contribution in [0.15, 0.2) is 17.5 Å². The van der Waals surface area contributed by atoms with Crippen molar-refractivity contribution in [3.63, 3.8) is 0 Å². The Morgan fingerprint density at radius 3 is 2.96 bits per heavy atom. The van der Waals surface area contributed by atoms with Crippen LogP contribution in [0.3, 0.4) is 0 Å². The van der Waals surface area contributed by atoms with Gasteiger partial charge in [0.15, 0.2) is 0 Å². The van der Waals surface area contributed by atoms with Crippen LogP contribution in [-0.4, -0.2) is 15.7 Å². The Bertz CT molecular complexity index is 697. The monoisotopic (exact) mass is 330 g/mol. The van der Waals surface area contributed by atoms with Crippen LogP contribution >= 0.6 is 11.3 Å². The summed E-state index contributed by atoms with van der Waals surface area (Å²) in [5, 5.41) is 18.2. The molecule has 0 saturated heterocycles. The summed E-state index contributed by atoms with van der Waals surface area (Å²) in [5.41, 5.74) is 3.11. The van der Waals surface area contributed by atoms with E-state index in [1.165, 1.54) is 0 Å². The van der Waals surface area contributed by atoms with Gasteiger partial charge < -0.3 is 5.32 Å². The Labute approximate surface area is 140 Å². The third-order valence-corrected chi connectivity index (χ3v) is 4.97. The lowest BCUT2D eigenvalue weighted by atomic mass is 10.1. The minimum atomic E-state index is 0.0445. The van der Waals surface area contributed by atoms with Crippen molar-refractivity contribution in [3.8, 4) is 6.07 Å². The number of rotatable bonds is 7. The van der Waals surface area contributed by atoms with Crippen molar-refractivity contribution in [1.29, 1.82) is 5.26 Å². The van der Waals surface area contributed by atoms with E-state index < -0.39 is 0 Å². The molecule has 0 aromatic carbocycles. The molecule has 0 bridgehead atoms. The number of thiophene rings is 1. The van der Waals surface area contributed by atoms with Gasteiger partial charge in [-0.25, -0.2) is 0 Å². The number of aromatic nitrogens is 2. The second-order valence-corrected chi connectivity index (χ2v) is 6.56. The number of hydrogen-bond donors (Lipinski definition) is 1. The average molecular weight is 330 g/mol. The minimum Gasteiger partial charge on any atom is -0.349 e. The Balaban J connectivity index is 1.91. The molecular formula is C17H22N4OS. The number of nitrogens with one attached hydrogen (secondary N) is 1. The van der Waals surface area contributed by atoms with Gasteiger partial charge in [0.25, 0.3) is 0 Å². The number of carbonyl (C=O) groups excluding carboxylic acids is 1. The molecule has 23 heavy (non-hydrogen) atoms. The quantitative estimate of drug-likeness (QED) is 0.847. The van der Waals surface area contributed by atoms with Crippen LogP contribution in [0.1, 0.15) is 47.6 Å². The lowest BCUT2D eigenvalue weighted by Crippen LogP contribution is -2.26. The predicted octanol–water partition coefficient (Wildman–Crippen LogP) is 3.29. The van der Waals surface area contributed by atoms with Gasteiger partial charge in [0.05, 0.1) is 30.8 Å². The van der Waals surface area contributed by atoms with Gasteiger partial charge in [0.1, 0.15) is 0 Å². The van der Waals surface area contributed by atoms with Crippen molar-refractivity contribution < 1.29 is 4.79 Å². The lowest BCUT2D eigenvalue weighted by Gasteiger charge is -2.12. The van der Waals surface area contributed by atoms with Crippen LogP contribution in [0.25, 0.3) is 0 Å². The zero-order valence-electron chi connectivity index (χ0n) is 13.8. The van der Waals surface area contributed by atoms with Crippen LogP contribution in [0.5, 0.6) is 0 Å². The van der Waals surface area contributed by atoms with Gasteiger partial charge in [-0.15, -0.1) is 11.3 Å². The van der Waals surface area contributed by atoms with E-state index in [0.717, 1.165) is 21.8 Å². The van der Waals surface area contributed by atoms with Crippen molar-refractivity contribution in [2.24, 2.45) is 0 Å². The summed E-state index contributed by atoms with van der Waals surface area (Å²) in [6.07, 6.45) is 1.56. The Kier molecular flexibility index (Phi) is 5.94. The first-order valence-electron chi connectivity index (χ1n) is 7.75. The highest BCUT2D eigenvalue weighted by Gasteiger charge is 2.14. The van der Waals surface area contributed by atoms with E-state index >= 15 is 0 Å². The van der Waals surface area contributed by atoms with Crippen molar-refractivity contribution >= 4 is 17.2 Å². The molecule has 2 aromatic rings. The van der Waals surface area contributed by atoms with E-state index in [1.54, 1.807) is 11.3 Å². The van der Waals surface area contributed by atoms with Crippen molar-refractivity contribution in [2.75, 3.05) is 0 Å². The predicted molar refractivity (Wildman–Crippen MR) is 91.1 cm³/mol. The molecule has 122 valence electrons. The van der Waals surface area contributed by atoms with E-state index in [1.807, 2.05) is 43.0 Å². The van der Waals surface area contributed by atoms with Crippen LogP contribution in [0, 0.1) is 25.2 Å². The summed E-state index contributed by atoms with van der Waals surface area (Å²) in [6.45, 7) is 6.56. The number of carbonyl (C=O) groups is 1. The van der Waals surface area contributed by atoms with Gasteiger partial charge in [0, 0.05) is 17.0 Å². The molecule has 5 nitrogen and oxygen atoms in total. The van der Waals surface area contributed by atoms with Gasteiger partial charge in [-0.05, 0) is 44.2 Å². The first-order chi connectivity index (χ1) is 11.0. The van der Waals surface area contributed by atoms with Crippen LogP contribution in [0.4, 0.5) is 0 Å². The molecule has 0 aliphatic carbocycles. The summed E-state index contributed by atoms with van der Waals surface area (Å²) in [4.78, 5) is 13.3. The minimum absolute atomic E-state index is 0.0445. The van der Waals surface area contributed by atoms with Gasteiger partial charge in [0.2, 0.25) is 5.91 Å². The molecule has 2 rings (SSSR count). The lowest BCUT2D eigenvalue weighted by molar-refractivity contribution is -0.121. The smallest absolute Gasteiger partial charge is 0.220 e. The van der Waals surface area contributed by atoms with Crippen LogP contribution < -0.4 is 5.32 Å². The van der Waals surface area contributed by atoms with E-state index in [0.29, 0.717) is 25.8 Å². The normalized spacial score (nSPS) is 11.9. The van der Waals surface area contributed by atoms with Crippen molar-refractivity contribution in [1.82, 2.24) is 15.1 Å². The number of nitriles is 1. The molecule has 0 unspecified atom stereocenters. The van der Waals surface area contributed by atoms with Crippen LogP contribution in [0.2, 0.25) is 0 Å². The third kappa shape index (κ3) is 4.42. The topological polar surface area (TPSA) is 70.7 Å². The fourth-order valence-electron chi connectivity index (χ4n) is 2.63. The molecule has 6 heteroatoms. The zero-order chi connectivity index (χ0) is 16.8. The highest BCUT2D eigenvalue weighted by molar-refractivity contribution is 7.10. The molecule has 0 saturated carbocycles. The standard InChI is InChI=1S/C17H22N4OS/c1-12-15(14(3)21(20-12)10-5-9-18)7-8-17(22)19-13(2)16-6-4-11-23-16/h4,6,11,13H,5,7-8,10H2,1-3H3,(H,19,22)/t13-/m1/s1. The maximum absolute atomic E-state index is 12.1. The fraction of sp³-hybridized carbons (Fsp3) is 0.471.